The van der Waals surface area contributed by atoms with Crippen molar-refractivity contribution in [2.75, 3.05) is 33.9 Å². The van der Waals surface area contributed by atoms with Crippen molar-refractivity contribution < 1.29 is 14.2 Å². The molecule has 23 heavy (non-hydrogen) atoms. The van der Waals surface area contributed by atoms with Crippen LogP contribution >= 0.6 is 0 Å². The molecule has 4 heteroatoms. The third-order valence-corrected chi connectivity index (χ3v) is 4.66. The zero-order valence-electron chi connectivity index (χ0n) is 16.6. The van der Waals surface area contributed by atoms with Crippen molar-refractivity contribution in [3.63, 3.8) is 0 Å². The Morgan fingerprint density at radius 3 is 2.17 bits per heavy atom. The smallest absolute Gasteiger partial charge is 0.168 e. The van der Waals surface area contributed by atoms with E-state index in [0.717, 1.165) is 50.9 Å². The van der Waals surface area contributed by atoms with Crippen molar-refractivity contribution in [3.8, 4) is 0 Å². The van der Waals surface area contributed by atoms with E-state index in [1.54, 1.807) is 7.11 Å². The van der Waals surface area contributed by atoms with Crippen LogP contribution in [0.4, 0.5) is 0 Å². The molecule has 0 aromatic carbocycles. The highest BCUT2D eigenvalue weighted by molar-refractivity contribution is 4.85. The maximum atomic E-state index is 6.04. The Morgan fingerprint density at radius 1 is 1.22 bits per heavy atom. The van der Waals surface area contributed by atoms with E-state index >= 15 is 0 Å². The highest BCUT2D eigenvalue weighted by atomic mass is 16.7. The lowest BCUT2D eigenvalue weighted by atomic mass is 9.79. The van der Waals surface area contributed by atoms with Crippen LogP contribution in [-0.4, -0.2) is 45.8 Å². The Labute approximate surface area is 144 Å². The summed E-state index contributed by atoms with van der Waals surface area (Å²) in [5.74, 6) is 1.50. The minimum Gasteiger partial charge on any atom is -0.383 e. The van der Waals surface area contributed by atoms with E-state index in [1.165, 1.54) is 12.8 Å². The standard InChI is InChI=1S/C13H24O2.C4H11NO.C2H6/c1-4-12-9-14-13(15-12)7-5-11(6-8-13)10(2)3;1-5-3-4-6-2;1-2/h10-12H,4-9H2,1-3H3;5H,3-4H2,1-2H3;1-2H3. The first kappa shape index (κ1) is 22.8. The molecule has 1 unspecified atom stereocenters. The minimum atomic E-state index is -0.188. The zero-order valence-corrected chi connectivity index (χ0v) is 16.6. The third-order valence-electron chi connectivity index (χ3n) is 4.66. The van der Waals surface area contributed by atoms with Gasteiger partial charge in [-0.3, -0.25) is 0 Å². The third kappa shape index (κ3) is 8.48. The molecule has 2 aliphatic rings. The van der Waals surface area contributed by atoms with Crippen LogP contribution in [0.5, 0.6) is 0 Å². The molecule has 0 radical (unpaired) electrons. The molecule has 4 nitrogen and oxygen atoms in total. The molecule has 1 spiro atoms. The van der Waals surface area contributed by atoms with Crippen molar-refractivity contribution in [3.05, 3.63) is 0 Å². The lowest BCUT2D eigenvalue weighted by Gasteiger charge is -2.37. The van der Waals surface area contributed by atoms with E-state index < -0.39 is 0 Å². The fourth-order valence-electron chi connectivity index (χ4n) is 3.03. The first-order chi connectivity index (χ1) is 11.1. The summed E-state index contributed by atoms with van der Waals surface area (Å²) in [6, 6.07) is 0. The maximum Gasteiger partial charge on any atom is 0.168 e. The van der Waals surface area contributed by atoms with Gasteiger partial charge in [0.1, 0.15) is 0 Å². The summed E-state index contributed by atoms with van der Waals surface area (Å²) < 4.78 is 16.7. The van der Waals surface area contributed by atoms with Gasteiger partial charge < -0.3 is 19.5 Å². The van der Waals surface area contributed by atoms with Crippen LogP contribution in [0.1, 0.15) is 66.7 Å². The van der Waals surface area contributed by atoms with Crippen molar-refractivity contribution in [1.29, 1.82) is 0 Å². The Balaban J connectivity index is 0.000000515. The van der Waals surface area contributed by atoms with Gasteiger partial charge in [-0.15, -0.1) is 0 Å². The van der Waals surface area contributed by atoms with Gasteiger partial charge in [-0.1, -0.05) is 34.6 Å². The SMILES string of the molecule is CC.CCC1COC2(CCC(C(C)C)CC2)O1.CNCCOC. The summed E-state index contributed by atoms with van der Waals surface area (Å²) in [6.07, 6.45) is 6.18. The second kappa shape index (κ2) is 13.2. The molecule has 2 fully saturated rings. The minimum absolute atomic E-state index is 0.188. The number of rotatable bonds is 5. The molecule has 1 N–H and O–H groups in total. The fraction of sp³-hybridized carbons (Fsp3) is 1.00. The van der Waals surface area contributed by atoms with Crippen molar-refractivity contribution in [2.24, 2.45) is 11.8 Å². The molecule has 1 saturated heterocycles. The summed E-state index contributed by atoms with van der Waals surface area (Å²) in [4.78, 5) is 0. The summed E-state index contributed by atoms with van der Waals surface area (Å²) >= 11 is 0. The van der Waals surface area contributed by atoms with Crippen LogP contribution in [-0.2, 0) is 14.2 Å². The van der Waals surface area contributed by atoms with Crippen LogP contribution < -0.4 is 5.32 Å². The van der Waals surface area contributed by atoms with Gasteiger partial charge in [0.05, 0.1) is 19.3 Å². The molecule has 2 rings (SSSR count). The average molecular weight is 332 g/mol. The topological polar surface area (TPSA) is 39.7 Å². The van der Waals surface area contributed by atoms with Crippen molar-refractivity contribution >= 4 is 0 Å². The van der Waals surface area contributed by atoms with E-state index in [9.17, 15) is 0 Å². The van der Waals surface area contributed by atoms with Crippen molar-refractivity contribution in [2.45, 2.75) is 78.6 Å². The molecular weight excluding hydrogens is 290 g/mol. The lowest BCUT2D eigenvalue weighted by Crippen LogP contribution is -2.36. The summed E-state index contributed by atoms with van der Waals surface area (Å²) in [5.41, 5.74) is 0. The van der Waals surface area contributed by atoms with Gasteiger partial charge in [-0.2, -0.15) is 0 Å². The Kier molecular flexibility index (Phi) is 13.1. The molecule has 1 heterocycles. The normalized spacial score (nSPS) is 29.7. The van der Waals surface area contributed by atoms with Crippen LogP contribution in [0.15, 0.2) is 0 Å². The lowest BCUT2D eigenvalue weighted by molar-refractivity contribution is -0.194. The number of nitrogens with one attached hydrogen (secondary N) is 1. The maximum absolute atomic E-state index is 6.04. The van der Waals surface area contributed by atoms with E-state index in [4.69, 9.17) is 14.2 Å². The van der Waals surface area contributed by atoms with Gasteiger partial charge in [0.15, 0.2) is 5.79 Å². The number of likely N-dealkylation sites (N-methyl/N-ethyl adjacent to an activating group) is 1. The summed E-state index contributed by atoms with van der Waals surface area (Å²) in [6.45, 7) is 13.4. The molecule has 1 aliphatic heterocycles. The molecular formula is C19H41NO3. The Hall–Kier alpha value is -0.160. The molecule has 0 amide bonds. The molecule has 0 aromatic rings. The second-order valence-electron chi connectivity index (χ2n) is 6.55. The first-order valence-electron chi connectivity index (χ1n) is 9.52. The summed E-state index contributed by atoms with van der Waals surface area (Å²) in [5, 5.41) is 2.94. The van der Waals surface area contributed by atoms with Crippen LogP contribution in [0, 0.1) is 11.8 Å². The highest BCUT2D eigenvalue weighted by Crippen LogP contribution is 2.42. The van der Waals surface area contributed by atoms with Gasteiger partial charge in [-0.25, -0.2) is 0 Å². The molecule has 0 aromatic heterocycles. The second-order valence-corrected chi connectivity index (χ2v) is 6.55. The largest absolute Gasteiger partial charge is 0.383 e. The molecule has 1 atom stereocenters. The van der Waals surface area contributed by atoms with Gasteiger partial charge in [0.2, 0.25) is 0 Å². The first-order valence-corrected chi connectivity index (χ1v) is 9.52. The zero-order chi connectivity index (χ0) is 17.7. The van der Waals surface area contributed by atoms with E-state index in [2.05, 4.69) is 26.1 Å². The summed E-state index contributed by atoms with van der Waals surface area (Å²) in [7, 11) is 3.59. The highest BCUT2D eigenvalue weighted by Gasteiger charge is 2.43. The Bertz CT molecular complexity index is 259. The van der Waals surface area contributed by atoms with E-state index in [1.807, 2.05) is 20.9 Å². The van der Waals surface area contributed by atoms with Gasteiger partial charge in [0, 0.05) is 26.5 Å². The predicted octanol–water partition coefficient (Wildman–Crippen LogP) is 4.23. The fourth-order valence-corrected chi connectivity index (χ4v) is 3.03. The Morgan fingerprint density at radius 2 is 1.83 bits per heavy atom. The van der Waals surface area contributed by atoms with E-state index in [-0.39, 0.29) is 5.79 Å². The molecule has 1 saturated carbocycles. The number of ether oxygens (including phenoxy) is 3. The average Bonchev–Trinajstić information content (AvgIpc) is 2.98. The number of hydrogen-bond acceptors (Lipinski definition) is 4. The van der Waals surface area contributed by atoms with Crippen LogP contribution in [0.3, 0.4) is 0 Å². The predicted molar refractivity (Wildman–Crippen MR) is 97.8 cm³/mol. The van der Waals surface area contributed by atoms with E-state index in [0.29, 0.717) is 6.10 Å². The number of hydrogen-bond donors (Lipinski definition) is 1. The van der Waals surface area contributed by atoms with Gasteiger partial charge >= 0.3 is 0 Å². The monoisotopic (exact) mass is 331 g/mol. The van der Waals surface area contributed by atoms with Crippen LogP contribution in [0.25, 0.3) is 0 Å². The quantitative estimate of drug-likeness (QED) is 0.765. The van der Waals surface area contributed by atoms with Gasteiger partial charge in [-0.05, 0) is 38.1 Å². The molecule has 0 bridgehead atoms. The number of methoxy groups -OCH3 is 1. The van der Waals surface area contributed by atoms with Gasteiger partial charge in [0.25, 0.3) is 0 Å². The van der Waals surface area contributed by atoms with Crippen molar-refractivity contribution in [1.82, 2.24) is 5.32 Å². The van der Waals surface area contributed by atoms with Crippen LogP contribution in [0.2, 0.25) is 0 Å². The molecule has 1 aliphatic carbocycles. The molecule has 140 valence electrons.